The molecule has 0 unspecified atom stereocenters. The maximum atomic E-state index is 10.4. The van der Waals surface area contributed by atoms with Crippen LogP contribution < -0.4 is 3.53 Å². The fourth-order valence-corrected chi connectivity index (χ4v) is 0.427. The summed E-state index contributed by atoms with van der Waals surface area (Å²) in [4.78, 5) is 20.7. The zero-order chi connectivity index (χ0) is 7.28. The number of nitrogens with one attached hydrogen (secondary N) is 1. The van der Waals surface area contributed by atoms with Crippen LogP contribution in [0, 0.1) is 0 Å². The molecular weight excluding hydrogens is 237 g/mol. The first-order valence-corrected chi connectivity index (χ1v) is 3.25. The van der Waals surface area contributed by atoms with Crippen molar-refractivity contribution in [2.45, 2.75) is 6.42 Å². The van der Waals surface area contributed by atoms with E-state index in [1.165, 1.54) is 7.11 Å². The predicted molar refractivity (Wildman–Crippen MR) is 38.8 cm³/mol. The lowest BCUT2D eigenvalue weighted by molar-refractivity contribution is -0.143. The van der Waals surface area contributed by atoms with Gasteiger partial charge in [0.1, 0.15) is 6.42 Å². The third-order valence-corrected chi connectivity index (χ3v) is 1.24. The summed E-state index contributed by atoms with van der Waals surface area (Å²) in [6, 6.07) is 0. The Balaban J connectivity index is 3.47. The van der Waals surface area contributed by atoms with Crippen molar-refractivity contribution in [2.75, 3.05) is 7.11 Å². The monoisotopic (exact) mass is 243 g/mol. The molecule has 0 heterocycles. The maximum absolute atomic E-state index is 10.4. The third-order valence-electron chi connectivity index (χ3n) is 0.638. The summed E-state index contributed by atoms with van der Waals surface area (Å²) in [6.07, 6.45) is -0.209. The molecule has 0 atom stereocenters. The number of carbonyl (C=O) groups is 2. The zero-order valence-electron chi connectivity index (χ0n) is 4.81. The lowest BCUT2D eigenvalue weighted by Gasteiger charge is -1.94. The second-order valence-corrected chi connectivity index (χ2v) is 1.81. The Morgan fingerprint density at radius 3 is 2.56 bits per heavy atom. The summed E-state index contributed by atoms with van der Waals surface area (Å²) in [6.45, 7) is 0. The molecule has 52 valence electrons. The number of esters is 1. The molecule has 4 nitrogen and oxygen atoms in total. The molecule has 0 rings (SSSR count). The fourth-order valence-electron chi connectivity index (χ4n) is 0.237. The highest BCUT2D eigenvalue weighted by Gasteiger charge is 2.05. The van der Waals surface area contributed by atoms with Crippen molar-refractivity contribution in [3.63, 3.8) is 0 Å². The minimum Gasteiger partial charge on any atom is -0.469 e. The van der Waals surface area contributed by atoms with E-state index >= 15 is 0 Å². The van der Waals surface area contributed by atoms with Crippen LogP contribution in [0.4, 0.5) is 0 Å². The quantitative estimate of drug-likeness (QED) is 0.322. The SMILES string of the molecule is COC(=O)CC(=O)NI. The molecule has 0 radical (unpaired) electrons. The van der Waals surface area contributed by atoms with Gasteiger partial charge in [-0.1, -0.05) is 0 Å². The van der Waals surface area contributed by atoms with E-state index in [1.54, 1.807) is 22.9 Å². The molecule has 0 bridgehead atoms. The van der Waals surface area contributed by atoms with Gasteiger partial charge < -0.3 is 4.74 Å². The summed E-state index contributed by atoms with van der Waals surface area (Å²) in [5, 5.41) is 0. The molecule has 0 aliphatic carbocycles. The van der Waals surface area contributed by atoms with Gasteiger partial charge in [0.2, 0.25) is 5.91 Å². The van der Waals surface area contributed by atoms with Gasteiger partial charge in [-0.25, -0.2) is 0 Å². The molecule has 0 aliphatic rings. The van der Waals surface area contributed by atoms with E-state index in [1.807, 2.05) is 0 Å². The van der Waals surface area contributed by atoms with Gasteiger partial charge in [-0.05, 0) is 0 Å². The molecular formula is C4H6INO3. The van der Waals surface area contributed by atoms with Crippen molar-refractivity contribution >= 4 is 34.7 Å². The lowest BCUT2D eigenvalue weighted by Crippen LogP contribution is -2.17. The second-order valence-electron chi connectivity index (χ2n) is 1.27. The average molecular weight is 243 g/mol. The zero-order valence-corrected chi connectivity index (χ0v) is 6.97. The van der Waals surface area contributed by atoms with E-state index in [9.17, 15) is 9.59 Å². The van der Waals surface area contributed by atoms with Crippen LogP contribution in [0.15, 0.2) is 0 Å². The first-order valence-electron chi connectivity index (χ1n) is 2.17. The molecule has 1 N–H and O–H groups in total. The Morgan fingerprint density at radius 1 is 1.67 bits per heavy atom. The van der Waals surface area contributed by atoms with Crippen molar-refractivity contribution < 1.29 is 14.3 Å². The summed E-state index contributed by atoms with van der Waals surface area (Å²) >= 11 is 1.66. The van der Waals surface area contributed by atoms with Crippen molar-refractivity contribution in [3.05, 3.63) is 0 Å². The van der Waals surface area contributed by atoms with Gasteiger partial charge in [-0.2, -0.15) is 0 Å². The van der Waals surface area contributed by atoms with Crippen LogP contribution in [0.25, 0.3) is 0 Å². The van der Waals surface area contributed by atoms with Crippen LogP contribution in [0.1, 0.15) is 6.42 Å². The van der Waals surface area contributed by atoms with Gasteiger partial charge in [0.15, 0.2) is 0 Å². The number of halogens is 1. The molecule has 1 amide bonds. The van der Waals surface area contributed by atoms with E-state index in [4.69, 9.17) is 0 Å². The highest BCUT2D eigenvalue weighted by molar-refractivity contribution is 14.1. The summed E-state index contributed by atoms with van der Waals surface area (Å²) in [5.41, 5.74) is 0. The summed E-state index contributed by atoms with van der Waals surface area (Å²) in [7, 11) is 1.24. The number of ether oxygens (including phenoxy) is 1. The molecule has 0 spiro atoms. The van der Waals surface area contributed by atoms with Crippen molar-refractivity contribution in [2.24, 2.45) is 0 Å². The predicted octanol–water partition coefficient (Wildman–Crippen LogP) is 0.0157. The van der Waals surface area contributed by atoms with Gasteiger partial charge in [0.25, 0.3) is 0 Å². The van der Waals surface area contributed by atoms with Crippen LogP contribution in [-0.4, -0.2) is 19.0 Å². The molecule has 0 aliphatic heterocycles. The highest BCUT2D eigenvalue weighted by Crippen LogP contribution is 1.84. The number of methoxy groups -OCH3 is 1. The normalized spacial score (nSPS) is 8.22. The minimum absolute atomic E-state index is 0.209. The summed E-state index contributed by atoms with van der Waals surface area (Å²) < 4.78 is 6.48. The first kappa shape index (κ1) is 8.67. The van der Waals surface area contributed by atoms with Gasteiger partial charge in [0.05, 0.1) is 30.0 Å². The molecule has 0 aromatic rings. The maximum Gasteiger partial charge on any atom is 0.315 e. The van der Waals surface area contributed by atoms with Crippen molar-refractivity contribution in [3.8, 4) is 0 Å². The number of carbonyl (C=O) groups excluding carboxylic acids is 2. The van der Waals surface area contributed by atoms with E-state index in [2.05, 4.69) is 8.27 Å². The molecule has 0 saturated carbocycles. The van der Waals surface area contributed by atoms with Crippen molar-refractivity contribution in [1.29, 1.82) is 0 Å². The van der Waals surface area contributed by atoms with Gasteiger partial charge in [0, 0.05) is 0 Å². The van der Waals surface area contributed by atoms with Crippen LogP contribution >= 0.6 is 22.9 Å². The lowest BCUT2D eigenvalue weighted by atomic mass is 10.4. The summed E-state index contributed by atoms with van der Waals surface area (Å²) in [5.74, 6) is -0.869. The van der Waals surface area contributed by atoms with E-state index < -0.39 is 5.97 Å². The van der Waals surface area contributed by atoms with E-state index in [0.29, 0.717) is 0 Å². The van der Waals surface area contributed by atoms with E-state index in [0.717, 1.165) is 0 Å². The molecule has 0 fully saturated rings. The van der Waals surface area contributed by atoms with Gasteiger partial charge in [-0.15, -0.1) is 0 Å². The Morgan fingerprint density at radius 2 is 2.22 bits per heavy atom. The van der Waals surface area contributed by atoms with Gasteiger partial charge in [-0.3, -0.25) is 13.1 Å². The second kappa shape index (κ2) is 4.54. The minimum atomic E-state index is -0.524. The van der Waals surface area contributed by atoms with Crippen LogP contribution in [0.3, 0.4) is 0 Å². The van der Waals surface area contributed by atoms with Crippen LogP contribution in [-0.2, 0) is 14.3 Å². The number of hydrogen-bond acceptors (Lipinski definition) is 3. The molecule has 0 saturated heterocycles. The Kier molecular flexibility index (Phi) is 4.37. The van der Waals surface area contributed by atoms with Crippen LogP contribution in [0.2, 0.25) is 0 Å². The highest BCUT2D eigenvalue weighted by atomic mass is 127. The largest absolute Gasteiger partial charge is 0.469 e. The number of hydrogen-bond donors (Lipinski definition) is 1. The molecule has 9 heavy (non-hydrogen) atoms. The first-order chi connectivity index (χ1) is 4.20. The van der Waals surface area contributed by atoms with E-state index in [-0.39, 0.29) is 12.3 Å². The average Bonchev–Trinajstić information content (AvgIpc) is 1.87. The van der Waals surface area contributed by atoms with Crippen molar-refractivity contribution in [1.82, 2.24) is 3.53 Å². The standard InChI is InChI=1S/C4H6INO3/c1-9-4(8)2-3(7)6-5/h2H2,1H3,(H,6,7). The number of amides is 1. The Labute approximate surface area is 66.4 Å². The van der Waals surface area contributed by atoms with Gasteiger partial charge >= 0.3 is 5.97 Å². The molecule has 0 aromatic carbocycles. The number of rotatable bonds is 2. The Hall–Kier alpha value is -0.330. The molecule has 0 aromatic heterocycles. The van der Waals surface area contributed by atoms with Crippen LogP contribution in [0.5, 0.6) is 0 Å². The Bertz CT molecular complexity index is 111. The topological polar surface area (TPSA) is 55.4 Å². The fraction of sp³-hybridized carbons (Fsp3) is 0.500. The third kappa shape index (κ3) is 4.19. The smallest absolute Gasteiger partial charge is 0.315 e. The molecule has 5 heteroatoms.